The van der Waals surface area contributed by atoms with Gasteiger partial charge >= 0.3 is 5.63 Å². The van der Waals surface area contributed by atoms with Crippen molar-refractivity contribution < 1.29 is 12.8 Å². The maximum absolute atomic E-state index is 12.3. The molecule has 1 aromatic heterocycles. The average Bonchev–Trinajstić information content (AvgIpc) is 2.90. The first kappa shape index (κ1) is 13.3. The van der Waals surface area contributed by atoms with E-state index in [1.807, 2.05) is 0 Å². The van der Waals surface area contributed by atoms with Gasteiger partial charge in [-0.1, -0.05) is 0 Å². The molecule has 0 bridgehead atoms. The summed E-state index contributed by atoms with van der Waals surface area (Å²) in [5.41, 5.74) is -0.0813. The van der Waals surface area contributed by atoms with Gasteiger partial charge in [0.25, 0.3) is 0 Å². The third-order valence-corrected chi connectivity index (χ3v) is 4.80. The molecule has 1 atom stereocenters. The first-order chi connectivity index (χ1) is 9.54. The fourth-order valence-corrected chi connectivity index (χ4v) is 3.57. The molecule has 2 heterocycles. The van der Waals surface area contributed by atoms with Gasteiger partial charge in [0.1, 0.15) is 5.58 Å². The molecule has 106 valence electrons. The predicted molar refractivity (Wildman–Crippen MR) is 74.1 cm³/mol. The second-order valence-corrected chi connectivity index (χ2v) is 6.48. The zero-order chi connectivity index (χ0) is 14.2. The van der Waals surface area contributed by atoms with Crippen LogP contribution in [0, 0.1) is 0 Å². The molecular weight excluding hydrogens is 280 g/mol. The Morgan fingerprint density at radius 2 is 2.10 bits per heavy atom. The summed E-state index contributed by atoms with van der Waals surface area (Å²) in [6, 6.07) is 7.19. The first-order valence-electron chi connectivity index (χ1n) is 6.31. The van der Waals surface area contributed by atoms with Crippen LogP contribution in [0.25, 0.3) is 11.0 Å². The van der Waals surface area contributed by atoms with Gasteiger partial charge in [0.2, 0.25) is 10.0 Å². The van der Waals surface area contributed by atoms with Crippen LogP contribution >= 0.6 is 0 Å². The van der Waals surface area contributed by atoms with Crippen LogP contribution in [-0.4, -0.2) is 27.5 Å². The highest BCUT2D eigenvalue weighted by Gasteiger charge is 2.22. The molecular formula is C13H14N2O4S. The van der Waals surface area contributed by atoms with E-state index in [2.05, 4.69) is 10.0 Å². The van der Waals surface area contributed by atoms with Crippen LogP contribution in [0.1, 0.15) is 6.42 Å². The topological polar surface area (TPSA) is 88.4 Å². The highest BCUT2D eigenvalue weighted by molar-refractivity contribution is 7.89. The van der Waals surface area contributed by atoms with E-state index in [4.69, 9.17) is 4.42 Å². The van der Waals surface area contributed by atoms with Gasteiger partial charge in [-0.2, -0.15) is 0 Å². The van der Waals surface area contributed by atoms with Crippen LogP contribution in [0.3, 0.4) is 0 Å². The largest absolute Gasteiger partial charge is 0.423 e. The standard InChI is InChI=1S/C13H14N2O4S/c16-13-4-1-9-7-11(2-3-12(9)19-13)20(17,18)15-10-5-6-14-8-10/h1-4,7,10,14-15H,5-6,8H2/t10-/m1/s1. The van der Waals surface area contributed by atoms with E-state index in [1.54, 1.807) is 6.07 Å². The van der Waals surface area contributed by atoms with Crippen molar-refractivity contribution in [3.63, 3.8) is 0 Å². The third-order valence-electron chi connectivity index (χ3n) is 3.28. The zero-order valence-electron chi connectivity index (χ0n) is 10.6. The van der Waals surface area contributed by atoms with Crippen molar-refractivity contribution in [2.45, 2.75) is 17.4 Å². The Hall–Kier alpha value is -1.70. The van der Waals surface area contributed by atoms with E-state index in [-0.39, 0.29) is 10.9 Å². The van der Waals surface area contributed by atoms with Gasteiger partial charge in [0.15, 0.2) is 0 Å². The fourth-order valence-electron chi connectivity index (χ4n) is 2.26. The summed E-state index contributed by atoms with van der Waals surface area (Å²) in [5, 5.41) is 3.69. The molecule has 1 aliphatic heterocycles. The Bertz CT molecular complexity index is 791. The van der Waals surface area contributed by atoms with E-state index in [1.165, 1.54) is 24.3 Å². The lowest BCUT2D eigenvalue weighted by Gasteiger charge is -2.12. The molecule has 0 spiro atoms. The van der Waals surface area contributed by atoms with E-state index in [9.17, 15) is 13.2 Å². The Labute approximate surface area is 115 Å². The summed E-state index contributed by atoms with van der Waals surface area (Å²) >= 11 is 0. The molecule has 1 fully saturated rings. The SMILES string of the molecule is O=c1ccc2cc(S(=O)(=O)N[C@@H]3CCNC3)ccc2o1. The summed E-state index contributed by atoms with van der Waals surface area (Å²) in [7, 11) is -3.56. The predicted octanol–water partition coefficient (Wildman–Crippen LogP) is 0.433. The summed E-state index contributed by atoms with van der Waals surface area (Å²) in [6.07, 6.45) is 0.779. The highest BCUT2D eigenvalue weighted by atomic mass is 32.2. The van der Waals surface area contributed by atoms with Gasteiger partial charge in [-0.05, 0) is 37.2 Å². The molecule has 7 heteroatoms. The summed E-state index contributed by atoms with van der Waals surface area (Å²) < 4.78 is 32.2. The average molecular weight is 294 g/mol. The Kier molecular flexibility index (Phi) is 3.33. The lowest BCUT2D eigenvalue weighted by molar-refractivity contribution is 0.557. The second kappa shape index (κ2) is 5.01. The van der Waals surface area contributed by atoms with Gasteiger partial charge in [-0.3, -0.25) is 0 Å². The molecule has 2 N–H and O–H groups in total. The molecule has 0 radical (unpaired) electrons. The van der Waals surface area contributed by atoms with E-state index in [0.717, 1.165) is 13.0 Å². The van der Waals surface area contributed by atoms with Crippen LogP contribution in [0.4, 0.5) is 0 Å². The molecule has 2 aromatic rings. The number of fused-ring (bicyclic) bond motifs is 1. The molecule has 3 rings (SSSR count). The lowest BCUT2D eigenvalue weighted by atomic mass is 10.2. The van der Waals surface area contributed by atoms with E-state index in [0.29, 0.717) is 17.5 Å². The monoisotopic (exact) mass is 294 g/mol. The maximum Gasteiger partial charge on any atom is 0.336 e. The summed E-state index contributed by atoms with van der Waals surface area (Å²) in [6.45, 7) is 1.46. The molecule has 0 saturated carbocycles. The van der Waals surface area contributed by atoms with Crippen molar-refractivity contribution in [2.24, 2.45) is 0 Å². The highest BCUT2D eigenvalue weighted by Crippen LogP contribution is 2.18. The Morgan fingerprint density at radius 3 is 2.85 bits per heavy atom. The van der Waals surface area contributed by atoms with Gasteiger partial charge in [-0.25, -0.2) is 17.9 Å². The normalized spacial score (nSPS) is 19.5. The van der Waals surface area contributed by atoms with Gasteiger partial charge in [0.05, 0.1) is 4.90 Å². The van der Waals surface area contributed by atoms with Crippen LogP contribution in [0.15, 0.2) is 44.4 Å². The number of hydrogen-bond acceptors (Lipinski definition) is 5. The number of rotatable bonds is 3. The minimum atomic E-state index is -3.56. The van der Waals surface area contributed by atoms with Crippen LogP contribution in [0.2, 0.25) is 0 Å². The smallest absolute Gasteiger partial charge is 0.336 e. The number of benzene rings is 1. The number of nitrogens with one attached hydrogen (secondary N) is 2. The van der Waals surface area contributed by atoms with Crippen molar-refractivity contribution in [3.8, 4) is 0 Å². The molecule has 0 unspecified atom stereocenters. The lowest BCUT2D eigenvalue weighted by Crippen LogP contribution is -2.36. The van der Waals surface area contributed by atoms with Gasteiger partial charge in [-0.15, -0.1) is 0 Å². The summed E-state index contributed by atoms with van der Waals surface area (Å²) in [4.78, 5) is 11.3. The number of hydrogen-bond donors (Lipinski definition) is 2. The van der Waals surface area contributed by atoms with Crippen molar-refractivity contribution in [2.75, 3.05) is 13.1 Å². The molecule has 6 nitrogen and oxygen atoms in total. The van der Waals surface area contributed by atoms with Crippen molar-refractivity contribution in [1.29, 1.82) is 0 Å². The summed E-state index contributed by atoms with van der Waals surface area (Å²) in [5.74, 6) is 0. The van der Waals surface area contributed by atoms with Gasteiger partial charge in [0, 0.05) is 24.0 Å². The van der Waals surface area contributed by atoms with Crippen molar-refractivity contribution in [3.05, 3.63) is 40.8 Å². The zero-order valence-corrected chi connectivity index (χ0v) is 11.4. The molecule has 20 heavy (non-hydrogen) atoms. The van der Waals surface area contributed by atoms with Crippen LogP contribution in [0.5, 0.6) is 0 Å². The Balaban J connectivity index is 1.96. The van der Waals surface area contributed by atoms with E-state index < -0.39 is 15.6 Å². The quantitative estimate of drug-likeness (QED) is 0.802. The maximum atomic E-state index is 12.3. The van der Waals surface area contributed by atoms with Gasteiger partial charge < -0.3 is 9.73 Å². The first-order valence-corrected chi connectivity index (χ1v) is 7.80. The molecule has 1 saturated heterocycles. The third kappa shape index (κ3) is 2.60. The number of sulfonamides is 1. The fraction of sp³-hybridized carbons (Fsp3) is 0.308. The van der Waals surface area contributed by atoms with Crippen LogP contribution < -0.4 is 15.7 Å². The van der Waals surface area contributed by atoms with Crippen molar-refractivity contribution >= 4 is 21.0 Å². The van der Waals surface area contributed by atoms with Crippen LogP contribution in [-0.2, 0) is 10.0 Å². The second-order valence-electron chi connectivity index (χ2n) is 4.77. The van der Waals surface area contributed by atoms with Crippen molar-refractivity contribution in [1.82, 2.24) is 10.0 Å². The molecule has 1 aromatic carbocycles. The minimum Gasteiger partial charge on any atom is -0.423 e. The Morgan fingerprint density at radius 1 is 1.25 bits per heavy atom. The molecule has 0 aliphatic carbocycles. The molecule has 1 aliphatic rings. The van der Waals surface area contributed by atoms with E-state index >= 15 is 0 Å². The minimum absolute atomic E-state index is 0.0793. The molecule has 0 amide bonds.